The number of aliphatic carboxylic acids is 1. The molecule has 0 spiro atoms. The molecule has 1 aromatic carbocycles. The predicted octanol–water partition coefficient (Wildman–Crippen LogP) is 3.22. The van der Waals surface area contributed by atoms with Crippen molar-refractivity contribution < 1.29 is 19.0 Å². The number of nitrogens with zero attached hydrogens (tertiary/aromatic N) is 2. The molecule has 0 saturated heterocycles. The summed E-state index contributed by atoms with van der Waals surface area (Å²) < 4.78 is 6.45. The normalized spacial score (nSPS) is 12.0. The van der Waals surface area contributed by atoms with E-state index in [0.29, 0.717) is 28.2 Å². The third kappa shape index (κ3) is 2.99. The summed E-state index contributed by atoms with van der Waals surface area (Å²) in [6.45, 7) is 1.76. The molecule has 1 unspecified atom stereocenters. The molecule has 0 aliphatic heterocycles. The van der Waals surface area contributed by atoms with E-state index in [2.05, 4.69) is 4.98 Å². The molecule has 0 aliphatic carbocycles. The molecule has 1 atom stereocenters. The van der Waals surface area contributed by atoms with Crippen LogP contribution >= 0.6 is 0 Å². The summed E-state index contributed by atoms with van der Waals surface area (Å²) in [6, 6.07) is 12.7. The Hall–Kier alpha value is -3.15. The number of carboxylic acids is 1. The van der Waals surface area contributed by atoms with Gasteiger partial charge in [-0.2, -0.15) is 4.73 Å². The highest BCUT2D eigenvalue weighted by Gasteiger charge is 2.27. The Bertz CT molecular complexity index is 858. The fourth-order valence-electron chi connectivity index (χ4n) is 2.52. The highest BCUT2D eigenvalue weighted by molar-refractivity contribution is 5.79. The maximum absolute atomic E-state index is 11.6. The van der Waals surface area contributed by atoms with Crippen LogP contribution in [0.2, 0.25) is 0 Å². The third-order valence-electron chi connectivity index (χ3n) is 3.73. The zero-order valence-corrected chi connectivity index (χ0v) is 13.0. The summed E-state index contributed by atoms with van der Waals surface area (Å²) in [5.41, 5.74) is 1.87. The Kier molecular flexibility index (Phi) is 4.29. The summed E-state index contributed by atoms with van der Waals surface area (Å²) >= 11 is 0. The van der Waals surface area contributed by atoms with E-state index < -0.39 is 11.9 Å². The van der Waals surface area contributed by atoms with Crippen LogP contribution in [0.15, 0.2) is 59.3 Å². The van der Waals surface area contributed by atoms with E-state index in [-0.39, 0.29) is 5.89 Å². The number of carbonyl (C=O) groups is 1. The van der Waals surface area contributed by atoms with Crippen molar-refractivity contribution in [3.8, 4) is 22.6 Å². The summed E-state index contributed by atoms with van der Waals surface area (Å²) in [5, 5.41) is 20.9. The van der Waals surface area contributed by atoms with Crippen LogP contribution < -0.4 is 4.73 Å². The fraction of sp³-hybridized carbons (Fsp3) is 0.167. The number of hydrogen-bond donors (Lipinski definition) is 1. The van der Waals surface area contributed by atoms with Gasteiger partial charge in [-0.3, -0.25) is 4.79 Å². The van der Waals surface area contributed by atoms with E-state index in [0.717, 1.165) is 5.56 Å². The molecule has 1 N–H and O–H groups in total. The lowest BCUT2D eigenvalue weighted by Crippen LogP contribution is -2.23. The molecular weight excluding hydrogens is 308 g/mol. The number of carboxylic acid groups (broad SMARTS) is 1. The average molecular weight is 324 g/mol. The number of rotatable bonds is 5. The standard InChI is InChI=1S/C18H16N2O4/c1-2-14(18(21)22)17-19-15(12-7-4-3-5-8-12)16(24-17)13-9-6-10-20(23)11-13/h3-11,14H,2H2,1H3,(H,21,22). The first-order valence-corrected chi connectivity index (χ1v) is 7.58. The van der Waals surface area contributed by atoms with Crippen LogP contribution in [0.3, 0.4) is 0 Å². The van der Waals surface area contributed by atoms with Crippen molar-refractivity contribution in [2.75, 3.05) is 0 Å². The van der Waals surface area contributed by atoms with Crippen LogP contribution in [0, 0.1) is 5.21 Å². The number of oxazole rings is 1. The second kappa shape index (κ2) is 6.54. The lowest BCUT2D eigenvalue weighted by Gasteiger charge is -2.03. The van der Waals surface area contributed by atoms with E-state index >= 15 is 0 Å². The molecule has 0 saturated carbocycles. The van der Waals surface area contributed by atoms with Crippen molar-refractivity contribution in [1.82, 2.24) is 4.98 Å². The van der Waals surface area contributed by atoms with E-state index in [4.69, 9.17) is 4.42 Å². The molecule has 122 valence electrons. The molecule has 6 nitrogen and oxygen atoms in total. The smallest absolute Gasteiger partial charge is 0.315 e. The van der Waals surface area contributed by atoms with Gasteiger partial charge in [-0.25, -0.2) is 4.98 Å². The Balaban J connectivity index is 2.19. The van der Waals surface area contributed by atoms with Crippen molar-refractivity contribution >= 4 is 5.97 Å². The second-order valence-electron chi connectivity index (χ2n) is 5.35. The SMILES string of the molecule is CCC(C(=O)O)c1nc(-c2ccccc2)c(-c2ccc[n+]([O-])c2)o1. The van der Waals surface area contributed by atoms with Gasteiger partial charge in [-0.1, -0.05) is 37.3 Å². The van der Waals surface area contributed by atoms with Crippen LogP contribution in [-0.4, -0.2) is 16.1 Å². The van der Waals surface area contributed by atoms with Crippen LogP contribution in [0.1, 0.15) is 25.2 Å². The van der Waals surface area contributed by atoms with Crippen molar-refractivity contribution in [3.63, 3.8) is 0 Å². The highest BCUT2D eigenvalue weighted by Crippen LogP contribution is 2.34. The summed E-state index contributed by atoms with van der Waals surface area (Å²) in [6.07, 6.45) is 3.10. The van der Waals surface area contributed by atoms with Gasteiger partial charge < -0.3 is 14.7 Å². The van der Waals surface area contributed by atoms with Crippen LogP contribution in [0.4, 0.5) is 0 Å². The Morgan fingerprint density at radius 1 is 1.25 bits per heavy atom. The number of benzene rings is 1. The van der Waals surface area contributed by atoms with Gasteiger partial charge >= 0.3 is 5.97 Å². The largest absolute Gasteiger partial charge is 0.619 e. The van der Waals surface area contributed by atoms with Crippen molar-refractivity contribution in [1.29, 1.82) is 0 Å². The molecule has 6 heteroatoms. The molecule has 2 aromatic heterocycles. The maximum atomic E-state index is 11.6. The first kappa shape index (κ1) is 15.7. The Morgan fingerprint density at radius 3 is 2.58 bits per heavy atom. The summed E-state index contributed by atoms with van der Waals surface area (Å²) in [4.78, 5) is 15.8. The molecule has 0 amide bonds. The van der Waals surface area contributed by atoms with Gasteiger partial charge in [0.15, 0.2) is 18.2 Å². The van der Waals surface area contributed by atoms with Gasteiger partial charge in [0.25, 0.3) is 0 Å². The zero-order valence-electron chi connectivity index (χ0n) is 13.0. The summed E-state index contributed by atoms with van der Waals surface area (Å²) in [5.74, 6) is -1.29. The molecule has 2 heterocycles. The molecular formula is C18H16N2O4. The first-order valence-electron chi connectivity index (χ1n) is 7.58. The zero-order chi connectivity index (χ0) is 17.1. The minimum Gasteiger partial charge on any atom is -0.619 e. The Labute approximate surface area is 138 Å². The predicted molar refractivity (Wildman–Crippen MR) is 87.0 cm³/mol. The molecule has 0 radical (unpaired) electrons. The number of aromatic nitrogens is 2. The van der Waals surface area contributed by atoms with Crippen LogP contribution in [-0.2, 0) is 4.79 Å². The van der Waals surface area contributed by atoms with Gasteiger partial charge in [0.05, 0.1) is 5.56 Å². The highest BCUT2D eigenvalue weighted by atomic mass is 16.5. The first-order chi connectivity index (χ1) is 11.6. The maximum Gasteiger partial charge on any atom is 0.315 e. The third-order valence-corrected chi connectivity index (χ3v) is 3.73. The number of pyridine rings is 1. The topological polar surface area (TPSA) is 90.3 Å². The van der Waals surface area contributed by atoms with E-state index in [1.165, 1.54) is 12.4 Å². The average Bonchev–Trinajstić information content (AvgIpc) is 3.01. The minimum atomic E-state index is -0.989. The van der Waals surface area contributed by atoms with Gasteiger partial charge in [0.2, 0.25) is 5.89 Å². The van der Waals surface area contributed by atoms with E-state index in [1.807, 2.05) is 30.3 Å². The van der Waals surface area contributed by atoms with Crippen LogP contribution in [0.25, 0.3) is 22.6 Å². The monoisotopic (exact) mass is 324 g/mol. The van der Waals surface area contributed by atoms with E-state index in [1.54, 1.807) is 19.1 Å². The van der Waals surface area contributed by atoms with Crippen molar-refractivity contribution in [2.45, 2.75) is 19.3 Å². The number of hydrogen-bond acceptors (Lipinski definition) is 4. The molecule has 0 aliphatic rings. The van der Waals surface area contributed by atoms with Gasteiger partial charge in [0.1, 0.15) is 11.6 Å². The summed E-state index contributed by atoms with van der Waals surface area (Å²) in [7, 11) is 0. The molecule has 0 bridgehead atoms. The lowest BCUT2D eigenvalue weighted by molar-refractivity contribution is -0.604. The van der Waals surface area contributed by atoms with Crippen LogP contribution in [0.5, 0.6) is 0 Å². The van der Waals surface area contributed by atoms with E-state index in [9.17, 15) is 15.1 Å². The molecule has 3 rings (SSSR count). The van der Waals surface area contributed by atoms with Gasteiger partial charge in [0, 0.05) is 11.6 Å². The Morgan fingerprint density at radius 2 is 1.96 bits per heavy atom. The molecule has 0 fully saturated rings. The van der Waals surface area contributed by atoms with Crippen molar-refractivity contribution in [2.24, 2.45) is 0 Å². The van der Waals surface area contributed by atoms with Crippen molar-refractivity contribution in [3.05, 3.63) is 66.0 Å². The van der Waals surface area contributed by atoms with Gasteiger partial charge in [-0.05, 0) is 12.5 Å². The van der Waals surface area contributed by atoms with Gasteiger partial charge in [-0.15, -0.1) is 0 Å². The molecule has 24 heavy (non-hydrogen) atoms. The second-order valence-corrected chi connectivity index (χ2v) is 5.35. The minimum absolute atomic E-state index is 0.139. The molecule has 3 aromatic rings. The quantitative estimate of drug-likeness (QED) is 0.575. The fourth-order valence-corrected chi connectivity index (χ4v) is 2.52. The lowest BCUT2D eigenvalue weighted by atomic mass is 10.1.